The van der Waals surface area contributed by atoms with E-state index in [1.165, 1.54) is 43.9 Å². The van der Waals surface area contributed by atoms with E-state index < -0.39 is 23.3 Å². The molecule has 1 heterocycles. The zero-order valence-corrected chi connectivity index (χ0v) is 17.1. The van der Waals surface area contributed by atoms with Gasteiger partial charge in [0.25, 0.3) is 0 Å². The van der Waals surface area contributed by atoms with Crippen molar-refractivity contribution in [2.45, 2.75) is 64.2 Å². The Bertz CT molecular complexity index is 969. The fraction of sp³-hybridized carbons (Fsp3) is 0.440. The summed E-state index contributed by atoms with van der Waals surface area (Å²) in [6.45, 7) is 2.20. The number of hydrogen-bond donors (Lipinski definition) is 0. The second-order valence-electron chi connectivity index (χ2n) is 8.49. The van der Waals surface area contributed by atoms with Gasteiger partial charge in [0.1, 0.15) is 23.0 Å². The summed E-state index contributed by atoms with van der Waals surface area (Å²) >= 11 is 0. The predicted octanol–water partition coefficient (Wildman–Crippen LogP) is 8.51. The predicted molar refractivity (Wildman–Crippen MR) is 110 cm³/mol. The van der Waals surface area contributed by atoms with E-state index >= 15 is 0 Å². The van der Waals surface area contributed by atoms with Crippen LogP contribution < -0.4 is 0 Å². The van der Waals surface area contributed by atoms with Gasteiger partial charge < -0.3 is 4.42 Å². The molecule has 4 rings (SSSR count). The summed E-state index contributed by atoms with van der Waals surface area (Å²) in [5.74, 6) is -2.72. The Morgan fingerprint density at radius 1 is 0.800 bits per heavy atom. The first-order valence-corrected chi connectivity index (χ1v) is 10.8. The number of benzene rings is 2. The minimum Gasteiger partial charge on any atom is -0.456 e. The Labute approximate surface area is 174 Å². The Balaban J connectivity index is 1.53. The van der Waals surface area contributed by atoms with Crippen LogP contribution in [0.1, 0.15) is 69.8 Å². The van der Waals surface area contributed by atoms with E-state index in [1.807, 2.05) is 0 Å². The third-order valence-electron chi connectivity index (χ3n) is 6.40. The fourth-order valence-corrected chi connectivity index (χ4v) is 4.69. The van der Waals surface area contributed by atoms with Crippen LogP contribution in [0.2, 0.25) is 0 Å². The lowest BCUT2D eigenvalue weighted by molar-refractivity contribution is 0.302. The van der Waals surface area contributed by atoms with E-state index in [1.54, 1.807) is 0 Å². The van der Waals surface area contributed by atoms with Crippen molar-refractivity contribution in [3.05, 3.63) is 59.2 Å². The number of fused-ring (bicyclic) bond motifs is 1. The second-order valence-corrected chi connectivity index (χ2v) is 8.49. The molecule has 1 aromatic heterocycles. The molecule has 1 saturated carbocycles. The highest BCUT2D eigenvalue weighted by molar-refractivity contribution is 5.83. The third-order valence-corrected chi connectivity index (χ3v) is 6.40. The van der Waals surface area contributed by atoms with E-state index in [2.05, 4.69) is 6.92 Å². The number of hydrogen-bond acceptors (Lipinski definition) is 1. The average Bonchev–Trinajstić information content (AvgIpc) is 3.10. The van der Waals surface area contributed by atoms with Gasteiger partial charge in [-0.05, 0) is 67.3 Å². The topological polar surface area (TPSA) is 13.1 Å². The van der Waals surface area contributed by atoms with Crippen molar-refractivity contribution in [3.63, 3.8) is 0 Å². The molecule has 0 saturated heterocycles. The molecule has 3 aromatic rings. The van der Waals surface area contributed by atoms with Crippen LogP contribution in [0.4, 0.5) is 17.6 Å². The smallest absolute Gasteiger partial charge is 0.162 e. The minimum atomic E-state index is -1.06. The maximum absolute atomic E-state index is 14.9. The molecule has 0 unspecified atom stereocenters. The largest absolute Gasteiger partial charge is 0.456 e. The van der Waals surface area contributed by atoms with Crippen LogP contribution in [-0.2, 0) is 0 Å². The van der Waals surface area contributed by atoms with E-state index in [0.717, 1.165) is 43.7 Å². The molecule has 1 fully saturated rings. The van der Waals surface area contributed by atoms with Gasteiger partial charge in [0, 0.05) is 11.5 Å². The average molecular weight is 418 g/mol. The van der Waals surface area contributed by atoms with Gasteiger partial charge in [-0.25, -0.2) is 17.6 Å². The summed E-state index contributed by atoms with van der Waals surface area (Å²) in [4.78, 5) is 0. The molecule has 2 aromatic carbocycles. The zero-order valence-electron chi connectivity index (χ0n) is 17.1. The summed E-state index contributed by atoms with van der Waals surface area (Å²) < 4.78 is 62.0. The third kappa shape index (κ3) is 4.26. The van der Waals surface area contributed by atoms with E-state index in [4.69, 9.17) is 4.42 Å². The van der Waals surface area contributed by atoms with Crippen LogP contribution in [-0.4, -0.2) is 0 Å². The first-order valence-electron chi connectivity index (χ1n) is 10.8. The van der Waals surface area contributed by atoms with Crippen molar-refractivity contribution < 1.29 is 22.0 Å². The van der Waals surface area contributed by atoms with Gasteiger partial charge >= 0.3 is 0 Å². The SMILES string of the molecule is CCCCCC1CCC(c2cc(F)c(-c3cc4cc(F)c(F)cc4o3)c(F)c2)CC1. The summed E-state index contributed by atoms with van der Waals surface area (Å²) in [6.07, 6.45) is 9.06. The molecule has 1 aliphatic carbocycles. The molecule has 0 aliphatic heterocycles. The van der Waals surface area contributed by atoms with Crippen molar-refractivity contribution in [3.8, 4) is 11.3 Å². The molecule has 30 heavy (non-hydrogen) atoms. The normalized spacial score (nSPS) is 19.5. The summed E-state index contributed by atoms with van der Waals surface area (Å²) in [7, 11) is 0. The minimum absolute atomic E-state index is 0.0492. The number of furan rings is 1. The Hall–Kier alpha value is -2.30. The lowest BCUT2D eigenvalue weighted by atomic mass is 9.77. The van der Waals surface area contributed by atoms with Crippen LogP contribution in [0, 0.1) is 29.2 Å². The quantitative estimate of drug-likeness (QED) is 0.289. The van der Waals surface area contributed by atoms with Crippen molar-refractivity contribution in [1.29, 1.82) is 0 Å². The molecular formula is C25H26F4O. The number of unbranched alkanes of at least 4 members (excludes halogenated alkanes) is 2. The summed E-state index contributed by atoms with van der Waals surface area (Å²) in [6, 6.07) is 5.95. The highest BCUT2D eigenvalue weighted by Gasteiger charge is 2.25. The van der Waals surface area contributed by atoms with Crippen LogP contribution in [0.15, 0.2) is 34.7 Å². The Morgan fingerprint density at radius 3 is 2.13 bits per heavy atom. The number of halogens is 4. The molecule has 0 N–H and O–H groups in total. The molecule has 160 valence electrons. The standard InChI is InChI=1S/C25H26F4O/c1-2-3-4-5-15-6-8-16(9-7-15)17-10-21(28)25(22(29)11-17)24-13-18-12-19(26)20(27)14-23(18)30-24/h10-16H,2-9H2,1H3. The van der Waals surface area contributed by atoms with Gasteiger partial charge in [0.05, 0.1) is 5.56 Å². The van der Waals surface area contributed by atoms with Gasteiger partial charge in [-0.15, -0.1) is 0 Å². The fourth-order valence-electron chi connectivity index (χ4n) is 4.69. The second kappa shape index (κ2) is 8.83. The maximum Gasteiger partial charge on any atom is 0.162 e. The highest BCUT2D eigenvalue weighted by atomic mass is 19.2. The number of rotatable bonds is 6. The molecule has 5 heteroatoms. The summed E-state index contributed by atoms with van der Waals surface area (Å²) in [5, 5.41) is 0.258. The molecule has 1 nitrogen and oxygen atoms in total. The molecular weight excluding hydrogens is 392 g/mol. The van der Waals surface area contributed by atoms with Gasteiger partial charge in [0.15, 0.2) is 11.6 Å². The van der Waals surface area contributed by atoms with E-state index in [0.29, 0.717) is 5.56 Å². The van der Waals surface area contributed by atoms with Crippen molar-refractivity contribution in [1.82, 2.24) is 0 Å². The first-order chi connectivity index (χ1) is 14.5. The van der Waals surface area contributed by atoms with Crippen LogP contribution in [0.3, 0.4) is 0 Å². The van der Waals surface area contributed by atoms with Crippen molar-refractivity contribution in [2.75, 3.05) is 0 Å². The molecule has 0 atom stereocenters. The van der Waals surface area contributed by atoms with E-state index in [-0.39, 0.29) is 28.2 Å². The zero-order chi connectivity index (χ0) is 21.3. The Kier molecular flexibility index (Phi) is 6.16. The lowest BCUT2D eigenvalue weighted by Gasteiger charge is -2.29. The highest BCUT2D eigenvalue weighted by Crippen LogP contribution is 2.40. The molecule has 1 aliphatic rings. The first kappa shape index (κ1) is 21.0. The molecule has 0 amide bonds. The van der Waals surface area contributed by atoms with Gasteiger partial charge in [0.2, 0.25) is 0 Å². The summed E-state index contributed by atoms with van der Waals surface area (Å²) in [5.41, 5.74) is 0.422. The molecule has 0 spiro atoms. The van der Waals surface area contributed by atoms with Crippen molar-refractivity contribution >= 4 is 11.0 Å². The van der Waals surface area contributed by atoms with Crippen LogP contribution in [0.5, 0.6) is 0 Å². The monoisotopic (exact) mass is 418 g/mol. The van der Waals surface area contributed by atoms with Gasteiger partial charge in [-0.3, -0.25) is 0 Å². The van der Waals surface area contributed by atoms with Gasteiger partial charge in [-0.2, -0.15) is 0 Å². The maximum atomic E-state index is 14.9. The van der Waals surface area contributed by atoms with E-state index in [9.17, 15) is 17.6 Å². The van der Waals surface area contributed by atoms with Crippen LogP contribution in [0.25, 0.3) is 22.3 Å². The van der Waals surface area contributed by atoms with Crippen LogP contribution >= 0.6 is 0 Å². The molecule has 0 radical (unpaired) electrons. The molecule has 0 bridgehead atoms. The van der Waals surface area contributed by atoms with Crippen molar-refractivity contribution in [2.24, 2.45) is 5.92 Å². The van der Waals surface area contributed by atoms with Gasteiger partial charge in [-0.1, -0.05) is 32.6 Å². The lowest BCUT2D eigenvalue weighted by Crippen LogP contribution is -2.14. The Morgan fingerprint density at radius 2 is 1.47 bits per heavy atom.